The highest BCUT2D eigenvalue weighted by Gasteiger charge is 2.63. The van der Waals surface area contributed by atoms with E-state index < -0.39 is 17.1 Å². The summed E-state index contributed by atoms with van der Waals surface area (Å²) in [5.41, 5.74) is 2.98. The fourth-order valence-electron chi connectivity index (χ4n) is 8.03. The lowest BCUT2D eigenvalue weighted by molar-refractivity contribution is -0.167. The highest BCUT2D eigenvalue weighted by atomic mass is 16.3. The Hall–Kier alpha value is -1.79. The van der Waals surface area contributed by atoms with Crippen LogP contribution in [-0.2, 0) is 4.79 Å². The molecular weight excluding hydrogens is 488 g/mol. The van der Waals surface area contributed by atoms with Crippen LogP contribution in [0.5, 0.6) is 0 Å². The fourth-order valence-corrected chi connectivity index (χ4v) is 8.03. The third-order valence-corrected chi connectivity index (χ3v) is 10.4. The monoisotopic (exact) mass is 540 g/mol. The van der Waals surface area contributed by atoms with Crippen molar-refractivity contribution in [1.29, 1.82) is 0 Å². The molecule has 5 atom stereocenters. The Morgan fingerprint density at radius 3 is 2.38 bits per heavy atom. The van der Waals surface area contributed by atoms with Crippen LogP contribution in [0.4, 0.5) is 0 Å². The Morgan fingerprint density at radius 1 is 1.10 bits per heavy atom. The molecule has 0 aromatic heterocycles. The second kappa shape index (κ2) is 13.2. The second-order valence-electron chi connectivity index (χ2n) is 12.9. The number of hydrogen-bond donors (Lipinski definition) is 4. The number of allylic oxidation sites excluding steroid dienone is 8. The molecule has 0 saturated heterocycles. The van der Waals surface area contributed by atoms with E-state index in [-0.39, 0.29) is 30.5 Å². The van der Waals surface area contributed by atoms with E-state index in [9.17, 15) is 25.2 Å². The SMILES string of the molecule is C=C(/C=C\C=C(\CO)[C@@H]1CC[C@]2([C@@H]1O)[C@@H](CCCO)/C(=C(/C)C=O)CC[C@@]2(C)O)C1(CC=C(C)C)CCCC1. The molecule has 0 radical (unpaired) electrons. The van der Waals surface area contributed by atoms with Gasteiger partial charge < -0.3 is 20.4 Å². The summed E-state index contributed by atoms with van der Waals surface area (Å²) in [7, 11) is 0. The quantitative estimate of drug-likeness (QED) is 0.109. The van der Waals surface area contributed by atoms with Gasteiger partial charge in [0.15, 0.2) is 0 Å². The normalized spacial score (nSPS) is 34.1. The van der Waals surface area contributed by atoms with Crippen LogP contribution in [-0.4, -0.2) is 51.6 Å². The zero-order valence-corrected chi connectivity index (χ0v) is 24.7. The average Bonchev–Trinajstić information content (AvgIpc) is 3.52. The molecule has 3 aliphatic rings. The molecule has 0 bridgehead atoms. The van der Waals surface area contributed by atoms with Crippen LogP contribution >= 0.6 is 0 Å². The maximum atomic E-state index is 12.0. The van der Waals surface area contributed by atoms with Crippen molar-refractivity contribution in [2.75, 3.05) is 13.2 Å². The topological polar surface area (TPSA) is 98.0 Å². The van der Waals surface area contributed by atoms with Crippen molar-refractivity contribution >= 4 is 6.29 Å². The Labute approximate surface area is 236 Å². The highest BCUT2D eigenvalue weighted by Crippen LogP contribution is 2.63. The number of aliphatic hydroxyl groups is 4. The first-order chi connectivity index (χ1) is 18.5. The van der Waals surface area contributed by atoms with Crippen LogP contribution in [0.25, 0.3) is 0 Å². The third kappa shape index (κ3) is 6.27. The summed E-state index contributed by atoms with van der Waals surface area (Å²) >= 11 is 0. The molecule has 0 heterocycles. The largest absolute Gasteiger partial charge is 0.396 e. The van der Waals surface area contributed by atoms with E-state index in [4.69, 9.17) is 0 Å². The molecule has 0 aromatic carbocycles. The van der Waals surface area contributed by atoms with E-state index in [1.807, 2.05) is 26.0 Å². The van der Waals surface area contributed by atoms with Crippen LogP contribution in [0.3, 0.4) is 0 Å². The number of aliphatic hydroxyl groups excluding tert-OH is 3. The maximum Gasteiger partial charge on any atom is 0.145 e. The van der Waals surface area contributed by atoms with Crippen molar-refractivity contribution < 1.29 is 25.2 Å². The summed E-state index contributed by atoms with van der Waals surface area (Å²) in [6.45, 7) is 12.2. The summed E-state index contributed by atoms with van der Waals surface area (Å²) in [4.78, 5) is 11.8. The van der Waals surface area contributed by atoms with Crippen molar-refractivity contribution in [3.63, 3.8) is 0 Å². The van der Waals surface area contributed by atoms with Gasteiger partial charge >= 0.3 is 0 Å². The lowest BCUT2D eigenvalue weighted by Crippen LogP contribution is -2.59. The van der Waals surface area contributed by atoms with Gasteiger partial charge in [0.1, 0.15) is 6.29 Å². The number of aldehydes is 1. The molecule has 5 nitrogen and oxygen atoms in total. The molecular formula is C34H52O5. The van der Waals surface area contributed by atoms with Gasteiger partial charge in [0, 0.05) is 17.9 Å². The first-order valence-electron chi connectivity index (χ1n) is 15.0. The maximum absolute atomic E-state index is 12.0. The standard InChI is InChI=1S/C34H52O5/c1-24(2)13-19-33(16-6-7-17-33)26(4)10-8-11-27(23-37)29-15-20-34(31(29)38)30(12-9-21-35)28(25(3)22-36)14-18-32(34,5)39/h8,10-11,13,22,29-31,35,37-39H,4,6-7,9,12,14-21,23H2,1-3,5H3/b10-8-,27-11-,28-25-/t29-,30-,31+,32+,34+/m0/s1. The van der Waals surface area contributed by atoms with Gasteiger partial charge in [0.05, 0.1) is 18.3 Å². The Balaban J connectivity index is 1.91. The second-order valence-corrected chi connectivity index (χ2v) is 12.9. The van der Waals surface area contributed by atoms with Gasteiger partial charge in [-0.1, -0.05) is 54.9 Å². The lowest BCUT2D eigenvalue weighted by atomic mass is 9.52. The lowest BCUT2D eigenvalue weighted by Gasteiger charge is -2.55. The number of carbonyl (C=O) groups excluding carboxylic acids is 1. The minimum absolute atomic E-state index is 0.0211. The minimum Gasteiger partial charge on any atom is -0.396 e. The molecule has 218 valence electrons. The molecule has 3 aliphatic carbocycles. The molecule has 1 spiro atoms. The minimum atomic E-state index is -1.13. The number of carbonyl (C=O) groups is 1. The van der Waals surface area contributed by atoms with Crippen molar-refractivity contribution in [3.05, 3.63) is 58.7 Å². The molecule has 3 saturated carbocycles. The number of hydrogen-bond acceptors (Lipinski definition) is 5. The predicted octanol–water partition coefficient (Wildman–Crippen LogP) is 6.14. The zero-order valence-electron chi connectivity index (χ0n) is 24.7. The Morgan fingerprint density at radius 2 is 1.79 bits per heavy atom. The van der Waals surface area contributed by atoms with Crippen LogP contribution < -0.4 is 0 Å². The predicted molar refractivity (Wildman–Crippen MR) is 158 cm³/mol. The zero-order chi connectivity index (χ0) is 28.8. The third-order valence-electron chi connectivity index (χ3n) is 10.4. The fraction of sp³-hybridized carbons (Fsp3) is 0.676. The molecule has 0 unspecified atom stereocenters. The summed E-state index contributed by atoms with van der Waals surface area (Å²) < 4.78 is 0. The van der Waals surface area contributed by atoms with Gasteiger partial charge in [-0.25, -0.2) is 0 Å². The average molecular weight is 541 g/mol. The van der Waals surface area contributed by atoms with Crippen molar-refractivity contribution in [2.45, 2.75) is 110 Å². The summed E-state index contributed by atoms with van der Waals surface area (Å²) in [6.07, 6.45) is 17.5. The van der Waals surface area contributed by atoms with Crippen molar-refractivity contribution in [3.8, 4) is 0 Å². The highest BCUT2D eigenvalue weighted by molar-refractivity contribution is 5.74. The van der Waals surface area contributed by atoms with Gasteiger partial charge in [0.25, 0.3) is 0 Å². The molecule has 4 N–H and O–H groups in total. The molecule has 3 fully saturated rings. The van der Waals surface area contributed by atoms with Crippen molar-refractivity contribution in [2.24, 2.45) is 22.7 Å². The Bertz CT molecular complexity index is 1000. The summed E-state index contributed by atoms with van der Waals surface area (Å²) in [6, 6.07) is 0. The van der Waals surface area contributed by atoms with Crippen LogP contribution in [0.2, 0.25) is 0 Å². The Kier molecular flexibility index (Phi) is 10.8. The number of rotatable bonds is 11. The molecule has 0 aromatic rings. The molecule has 3 rings (SSSR count). The molecule has 0 amide bonds. The van der Waals surface area contributed by atoms with E-state index in [1.54, 1.807) is 0 Å². The van der Waals surface area contributed by atoms with E-state index in [0.717, 1.165) is 42.3 Å². The first kappa shape index (κ1) is 31.7. The van der Waals surface area contributed by atoms with E-state index >= 15 is 0 Å². The van der Waals surface area contributed by atoms with E-state index in [1.165, 1.54) is 18.4 Å². The van der Waals surface area contributed by atoms with Crippen molar-refractivity contribution in [1.82, 2.24) is 0 Å². The van der Waals surface area contributed by atoms with Gasteiger partial charge in [-0.3, -0.25) is 4.79 Å². The molecule has 0 aliphatic heterocycles. The van der Waals surface area contributed by atoms with Crippen LogP contribution in [0, 0.1) is 22.7 Å². The van der Waals surface area contributed by atoms with E-state index in [2.05, 4.69) is 32.6 Å². The molecule has 39 heavy (non-hydrogen) atoms. The van der Waals surface area contributed by atoms with Crippen LogP contribution in [0.1, 0.15) is 98.3 Å². The van der Waals surface area contributed by atoms with Gasteiger partial charge in [-0.05, 0) is 114 Å². The summed E-state index contributed by atoms with van der Waals surface area (Å²) in [5.74, 6) is -0.496. The van der Waals surface area contributed by atoms with Gasteiger partial charge in [0.2, 0.25) is 0 Å². The smallest absolute Gasteiger partial charge is 0.145 e. The van der Waals surface area contributed by atoms with Gasteiger partial charge in [-0.15, -0.1) is 0 Å². The van der Waals surface area contributed by atoms with Crippen LogP contribution in [0.15, 0.2) is 58.7 Å². The summed E-state index contributed by atoms with van der Waals surface area (Å²) in [5, 5.41) is 43.7. The molecule has 5 heteroatoms. The van der Waals surface area contributed by atoms with E-state index in [0.29, 0.717) is 44.1 Å². The van der Waals surface area contributed by atoms with Gasteiger partial charge in [-0.2, -0.15) is 0 Å². The first-order valence-corrected chi connectivity index (χ1v) is 15.0.